The smallest absolute Gasteiger partial charge is 0.240 e. The number of unbranched alkanes of at least 4 members (excludes halogenated alkanes) is 2. The van der Waals surface area contributed by atoms with E-state index in [1.165, 1.54) is 6.42 Å². The molecule has 37 heavy (non-hydrogen) atoms. The summed E-state index contributed by atoms with van der Waals surface area (Å²) in [5, 5.41) is 0. The molecule has 4 rings (SSSR count). The van der Waals surface area contributed by atoms with Crippen LogP contribution in [0, 0.1) is 0 Å². The van der Waals surface area contributed by atoms with Crippen molar-refractivity contribution in [3.63, 3.8) is 0 Å². The van der Waals surface area contributed by atoms with E-state index >= 15 is 0 Å². The summed E-state index contributed by atoms with van der Waals surface area (Å²) in [6.07, 6.45) is 6.46. The monoisotopic (exact) mass is 535 g/mol. The number of benzene rings is 3. The van der Waals surface area contributed by atoms with Gasteiger partial charge in [-0.15, -0.1) is 0 Å². The molecule has 0 aliphatic rings. The Bertz CT molecular complexity index is 1380. The van der Waals surface area contributed by atoms with E-state index in [0.29, 0.717) is 6.42 Å². The lowest BCUT2D eigenvalue weighted by molar-refractivity contribution is 0.581. The number of H-pyrrole nitrogens is 1. The zero-order valence-corrected chi connectivity index (χ0v) is 22.9. The Balaban J connectivity index is 1.50. The SMILES string of the molecule is CCCCCc1ccc(S(=O)(=O)NCCc2nc(-c3ccccc3)[nH]c2-c2ccc([S+](C)[O-])cc2)cc1. The lowest BCUT2D eigenvalue weighted by atomic mass is 10.1. The quantitative estimate of drug-likeness (QED) is 0.179. The molecule has 0 amide bonds. The van der Waals surface area contributed by atoms with Gasteiger partial charge in [0.15, 0.2) is 4.90 Å². The molecule has 1 atom stereocenters. The van der Waals surface area contributed by atoms with Crippen molar-refractivity contribution in [3.8, 4) is 22.6 Å². The van der Waals surface area contributed by atoms with Gasteiger partial charge in [-0.3, -0.25) is 0 Å². The van der Waals surface area contributed by atoms with Crippen LogP contribution in [0.4, 0.5) is 0 Å². The van der Waals surface area contributed by atoms with Gasteiger partial charge in [0.1, 0.15) is 12.1 Å². The largest absolute Gasteiger partial charge is 0.612 e. The van der Waals surface area contributed by atoms with Crippen LogP contribution in [0.3, 0.4) is 0 Å². The number of nitrogens with zero attached hydrogens (tertiary/aromatic N) is 1. The van der Waals surface area contributed by atoms with E-state index in [0.717, 1.165) is 58.1 Å². The van der Waals surface area contributed by atoms with E-state index in [-0.39, 0.29) is 11.4 Å². The zero-order valence-electron chi connectivity index (χ0n) is 21.2. The van der Waals surface area contributed by atoms with Gasteiger partial charge >= 0.3 is 0 Å². The first kappa shape index (κ1) is 27.1. The van der Waals surface area contributed by atoms with Crippen molar-refractivity contribution in [2.75, 3.05) is 12.8 Å². The minimum absolute atomic E-state index is 0.212. The van der Waals surface area contributed by atoms with Crippen LogP contribution >= 0.6 is 0 Å². The number of aromatic nitrogens is 2. The number of rotatable bonds is 12. The summed E-state index contributed by atoms with van der Waals surface area (Å²) < 4.78 is 40.3. The second kappa shape index (κ2) is 12.6. The van der Waals surface area contributed by atoms with E-state index in [1.807, 2.05) is 66.7 Å². The molecule has 1 unspecified atom stereocenters. The minimum atomic E-state index is -3.63. The molecule has 0 spiro atoms. The lowest BCUT2D eigenvalue weighted by Crippen LogP contribution is -2.26. The molecule has 8 heteroatoms. The molecule has 4 aromatic rings. The van der Waals surface area contributed by atoms with Crippen molar-refractivity contribution in [1.82, 2.24) is 14.7 Å². The zero-order chi connectivity index (χ0) is 26.3. The average Bonchev–Trinajstić information content (AvgIpc) is 3.34. The van der Waals surface area contributed by atoms with Crippen molar-refractivity contribution in [2.45, 2.75) is 48.8 Å². The van der Waals surface area contributed by atoms with Crippen LogP contribution in [-0.2, 0) is 34.0 Å². The fourth-order valence-corrected chi connectivity index (χ4v) is 5.73. The highest BCUT2D eigenvalue weighted by molar-refractivity contribution is 7.90. The average molecular weight is 536 g/mol. The number of hydrogen-bond acceptors (Lipinski definition) is 4. The number of imidazole rings is 1. The van der Waals surface area contributed by atoms with Crippen LogP contribution in [0.5, 0.6) is 0 Å². The summed E-state index contributed by atoms with van der Waals surface area (Å²) in [7, 11) is -3.63. The van der Waals surface area contributed by atoms with E-state index in [9.17, 15) is 13.0 Å². The van der Waals surface area contributed by atoms with Crippen LogP contribution in [0.15, 0.2) is 88.7 Å². The maximum Gasteiger partial charge on any atom is 0.240 e. The Labute approximate surface area is 222 Å². The van der Waals surface area contributed by atoms with Crippen molar-refractivity contribution in [3.05, 3.63) is 90.1 Å². The maximum atomic E-state index is 12.9. The van der Waals surface area contributed by atoms with Gasteiger partial charge in [-0.2, -0.15) is 0 Å². The lowest BCUT2D eigenvalue weighted by Gasteiger charge is -2.09. The molecule has 0 aliphatic heterocycles. The van der Waals surface area contributed by atoms with Crippen LogP contribution in [0.2, 0.25) is 0 Å². The molecule has 194 valence electrons. The normalized spacial score (nSPS) is 12.5. The third-order valence-electron chi connectivity index (χ3n) is 6.26. The maximum absolute atomic E-state index is 12.9. The molecule has 3 aromatic carbocycles. The van der Waals surface area contributed by atoms with Crippen LogP contribution in [0.25, 0.3) is 22.6 Å². The van der Waals surface area contributed by atoms with E-state index in [2.05, 4.69) is 16.6 Å². The van der Waals surface area contributed by atoms with Crippen LogP contribution in [-0.4, -0.2) is 35.7 Å². The second-order valence-corrected chi connectivity index (χ2v) is 12.1. The molecular weight excluding hydrogens is 502 g/mol. The topological polar surface area (TPSA) is 97.9 Å². The number of sulfonamides is 1. The summed E-state index contributed by atoms with van der Waals surface area (Å²) in [6.45, 7) is 2.38. The van der Waals surface area contributed by atoms with E-state index in [1.54, 1.807) is 18.4 Å². The predicted molar refractivity (Wildman–Crippen MR) is 150 cm³/mol. The Kier molecular flexibility index (Phi) is 9.21. The van der Waals surface area contributed by atoms with Crippen molar-refractivity contribution in [1.29, 1.82) is 0 Å². The number of aryl methyl sites for hydroxylation is 1. The second-order valence-electron chi connectivity index (χ2n) is 9.00. The highest BCUT2D eigenvalue weighted by Crippen LogP contribution is 2.27. The third kappa shape index (κ3) is 7.11. The molecule has 0 bridgehead atoms. The molecule has 0 saturated heterocycles. The van der Waals surface area contributed by atoms with Gasteiger partial charge in [0, 0.05) is 24.1 Å². The first-order valence-electron chi connectivity index (χ1n) is 12.5. The number of hydrogen-bond donors (Lipinski definition) is 2. The highest BCUT2D eigenvalue weighted by atomic mass is 32.2. The summed E-state index contributed by atoms with van der Waals surface area (Å²) in [4.78, 5) is 9.22. The van der Waals surface area contributed by atoms with Gasteiger partial charge in [0.25, 0.3) is 0 Å². The summed E-state index contributed by atoms with van der Waals surface area (Å²) in [5.41, 5.74) is 4.59. The Hall–Kier alpha value is -2.91. The number of nitrogens with one attached hydrogen (secondary N) is 2. The van der Waals surface area contributed by atoms with Gasteiger partial charge in [0.05, 0.1) is 16.3 Å². The molecular formula is C29H33N3O3S2. The fourth-order valence-electron chi connectivity index (χ4n) is 4.18. The standard InChI is InChI=1S/C29H33N3O3S2/c1-3-4-6-9-22-12-18-26(19-13-22)37(34,35)30-21-20-27-28(23-14-16-25(17-15-23)36(2)33)32-29(31-27)24-10-7-5-8-11-24/h5,7-8,10-19,30H,3-4,6,9,20-21H2,1-2H3,(H,31,32). The van der Waals surface area contributed by atoms with Crippen LogP contribution < -0.4 is 4.72 Å². The predicted octanol–water partition coefficient (Wildman–Crippen LogP) is 5.73. The molecule has 2 N–H and O–H groups in total. The van der Waals surface area contributed by atoms with Crippen molar-refractivity contribution in [2.24, 2.45) is 0 Å². The third-order valence-corrected chi connectivity index (χ3v) is 8.67. The van der Waals surface area contributed by atoms with E-state index < -0.39 is 21.2 Å². The molecule has 6 nitrogen and oxygen atoms in total. The van der Waals surface area contributed by atoms with Crippen LogP contribution in [0.1, 0.15) is 37.4 Å². The molecule has 0 saturated carbocycles. The number of aromatic amines is 1. The molecule has 0 radical (unpaired) electrons. The Morgan fingerprint density at radius 3 is 2.24 bits per heavy atom. The van der Waals surface area contributed by atoms with Crippen molar-refractivity contribution >= 4 is 21.2 Å². The summed E-state index contributed by atoms with van der Waals surface area (Å²) in [6, 6.07) is 24.5. The van der Waals surface area contributed by atoms with Gasteiger partial charge in [-0.25, -0.2) is 18.1 Å². The van der Waals surface area contributed by atoms with E-state index in [4.69, 9.17) is 4.98 Å². The first-order chi connectivity index (χ1) is 17.9. The molecule has 0 fully saturated rings. The van der Waals surface area contributed by atoms with Gasteiger partial charge in [0.2, 0.25) is 10.0 Å². The summed E-state index contributed by atoms with van der Waals surface area (Å²) in [5.74, 6) is 0.718. The highest BCUT2D eigenvalue weighted by Gasteiger charge is 2.17. The summed E-state index contributed by atoms with van der Waals surface area (Å²) >= 11 is -1.06. The first-order valence-corrected chi connectivity index (χ1v) is 15.6. The minimum Gasteiger partial charge on any atom is -0.612 e. The Morgan fingerprint density at radius 1 is 0.892 bits per heavy atom. The van der Waals surface area contributed by atoms with Gasteiger partial charge in [-0.05, 0) is 66.0 Å². The molecule has 0 aliphatic carbocycles. The fraction of sp³-hybridized carbons (Fsp3) is 0.276. The van der Waals surface area contributed by atoms with Gasteiger partial charge < -0.3 is 9.54 Å². The Morgan fingerprint density at radius 2 is 1.59 bits per heavy atom. The molecule has 1 heterocycles. The van der Waals surface area contributed by atoms with Gasteiger partial charge in [-0.1, -0.05) is 62.2 Å². The molecule has 1 aromatic heterocycles. The van der Waals surface area contributed by atoms with Crippen molar-refractivity contribution < 1.29 is 13.0 Å².